The molecule has 4 aromatic rings. The molecule has 0 aliphatic carbocycles. The van der Waals surface area contributed by atoms with Crippen molar-refractivity contribution in [2.24, 2.45) is 5.92 Å². The van der Waals surface area contributed by atoms with E-state index in [9.17, 15) is 13.2 Å². The fourth-order valence-electron chi connectivity index (χ4n) is 4.49. The molecule has 33 heavy (non-hydrogen) atoms. The fraction of sp³-hybridized carbons (Fsp3) is 0.231. The molecule has 0 spiro atoms. The quantitative estimate of drug-likeness (QED) is 0.347. The number of carbonyl (C=O) groups is 1. The second kappa shape index (κ2) is 8.76. The minimum absolute atomic E-state index is 0.0363. The standard InChI is InChI=1S/C26H23ClN2O3S/c27-23-9-5-4-8-21(23)26-22-11-10-20(25(30)14-19-12-13-33(31,32)17-19)15-24(22)29(28-26)16-18-6-2-1-3-7-18/h1-11,15,19H,12-14,16-17H2. The average molecular weight is 479 g/mol. The lowest BCUT2D eigenvalue weighted by atomic mass is 9.97. The number of ketones is 1. The first-order chi connectivity index (χ1) is 15.9. The lowest BCUT2D eigenvalue weighted by Crippen LogP contribution is -2.11. The zero-order valence-electron chi connectivity index (χ0n) is 17.9. The van der Waals surface area contributed by atoms with Gasteiger partial charge in [-0.3, -0.25) is 9.48 Å². The molecule has 1 aromatic heterocycles. The molecule has 1 fully saturated rings. The molecule has 1 saturated heterocycles. The molecule has 3 aromatic carbocycles. The summed E-state index contributed by atoms with van der Waals surface area (Å²) in [5.41, 5.74) is 4.13. The number of hydrogen-bond donors (Lipinski definition) is 0. The molecule has 0 bridgehead atoms. The topological polar surface area (TPSA) is 69.0 Å². The molecule has 168 valence electrons. The van der Waals surface area contributed by atoms with Gasteiger partial charge in [-0.05, 0) is 36.1 Å². The molecule has 1 unspecified atom stereocenters. The van der Waals surface area contributed by atoms with Crippen molar-refractivity contribution >= 4 is 38.1 Å². The van der Waals surface area contributed by atoms with Crippen LogP contribution in [0.1, 0.15) is 28.8 Å². The number of Topliss-reactive ketones (excluding diaryl/α,β-unsaturated/α-hetero) is 1. The third-order valence-electron chi connectivity index (χ3n) is 6.18. The summed E-state index contributed by atoms with van der Waals surface area (Å²) in [4.78, 5) is 13.0. The van der Waals surface area contributed by atoms with Gasteiger partial charge in [-0.1, -0.05) is 66.2 Å². The largest absolute Gasteiger partial charge is 0.294 e. The molecular weight excluding hydrogens is 456 g/mol. The SMILES string of the molecule is O=C(CC1CCS(=O)(=O)C1)c1ccc2c(-c3ccccc3Cl)nn(Cc3ccccc3)c2c1. The fourth-order valence-corrected chi connectivity index (χ4v) is 6.58. The summed E-state index contributed by atoms with van der Waals surface area (Å²) < 4.78 is 25.5. The minimum Gasteiger partial charge on any atom is -0.294 e. The van der Waals surface area contributed by atoms with Crippen LogP contribution >= 0.6 is 11.6 Å². The molecule has 0 N–H and O–H groups in total. The van der Waals surface area contributed by atoms with Crippen LogP contribution < -0.4 is 0 Å². The van der Waals surface area contributed by atoms with Crippen LogP contribution in [-0.2, 0) is 16.4 Å². The number of benzene rings is 3. The number of rotatable bonds is 6. The van der Waals surface area contributed by atoms with Crippen LogP contribution in [0.3, 0.4) is 0 Å². The highest BCUT2D eigenvalue weighted by atomic mass is 35.5. The van der Waals surface area contributed by atoms with E-state index in [1.165, 1.54) is 0 Å². The number of carbonyl (C=O) groups excluding carboxylic acids is 1. The summed E-state index contributed by atoms with van der Waals surface area (Å²) in [5.74, 6) is 0.135. The highest BCUT2D eigenvalue weighted by Gasteiger charge is 2.29. The maximum absolute atomic E-state index is 13.0. The molecule has 0 amide bonds. The van der Waals surface area contributed by atoms with E-state index >= 15 is 0 Å². The summed E-state index contributed by atoms with van der Waals surface area (Å²) in [6, 6.07) is 23.2. The summed E-state index contributed by atoms with van der Waals surface area (Å²) in [6.07, 6.45) is 0.799. The van der Waals surface area contributed by atoms with Gasteiger partial charge in [-0.15, -0.1) is 0 Å². The Kier molecular flexibility index (Phi) is 5.81. The van der Waals surface area contributed by atoms with E-state index in [1.807, 2.05) is 77.5 Å². The maximum atomic E-state index is 13.0. The molecule has 0 saturated carbocycles. The molecule has 5 rings (SSSR count). The van der Waals surface area contributed by atoms with Crippen molar-refractivity contribution in [3.63, 3.8) is 0 Å². The van der Waals surface area contributed by atoms with E-state index < -0.39 is 9.84 Å². The number of aromatic nitrogens is 2. The van der Waals surface area contributed by atoms with Gasteiger partial charge in [0.25, 0.3) is 0 Å². The second-order valence-corrected chi connectivity index (χ2v) is 11.2. The van der Waals surface area contributed by atoms with E-state index in [0.717, 1.165) is 27.7 Å². The summed E-state index contributed by atoms with van der Waals surface area (Å²) in [5, 5.41) is 6.41. The molecule has 1 aliphatic heterocycles. The molecule has 0 radical (unpaired) electrons. The summed E-state index contributed by atoms with van der Waals surface area (Å²) in [7, 11) is -3.01. The monoisotopic (exact) mass is 478 g/mol. The van der Waals surface area contributed by atoms with E-state index in [4.69, 9.17) is 16.7 Å². The third kappa shape index (κ3) is 4.59. The van der Waals surface area contributed by atoms with Gasteiger partial charge < -0.3 is 0 Å². The first-order valence-corrected chi connectivity index (χ1v) is 13.1. The minimum atomic E-state index is -3.01. The van der Waals surface area contributed by atoms with Crippen LogP contribution in [0.25, 0.3) is 22.2 Å². The summed E-state index contributed by atoms with van der Waals surface area (Å²) >= 11 is 6.48. The lowest BCUT2D eigenvalue weighted by molar-refractivity contribution is 0.0966. The molecule has 1 aliphatic rings. The van der Waals surface area contributed by atoms with Crippen molar-refractivity contribution < 1.29 is 13.2 Å². The molecular formula is C26H23ClN2O3S. The van der Waals surface area contributed by atoms with Crippen LogP contribution in [0.2, 0.25) is 5.02 Å². The zero-order valence-corrected chi connectivity index (χ0v) is 19.5. The highest BCUT2D eigenvalue weighted by Crippen LogP contribution is 2.34. The van der Waals surface area contributed by atoms with Gasteiger partial charge in [0.2, 0.25) is 0 Å². The smallest absolute Gasteiger partial charge is 0.163 e. The molecule has 5 nitrogen and oxygen atoms in total. The van der Waals surface area contributed by atoms with Gasteiger partial charge in [-0.2, -0.15) is 5.10 Å². The predicted octanol–water partition coefficient (Wildman–Crippen LogP) is 5.41. The number of halogens is 1. The van der Waals surface area contributed by atoms with Crippen LogP contribution in [0.15, 0.2) is 72.8 Å². The molecule has 7 heteroatoms. The Morgan fingerprint density at radius 1 is 1.03 bits per heavy atom. The number of sulfone groups is 1. The Morgan fingerprint density at radius 3 is 2.52 bits per heavy atom. The zero-order chi connectivity index (χ0) is 23.0. The van der Waals surface area contributed by atoms with Gasteiger partial charge in [0.15, 0.2) is 15.6 Å². The summed E-state index contributed by atoms with van der Waals surface area (Å²) in [6.45, 7) is 0.556. The lowest BCUT2D eigenvalue weighted by Gasteiger charge is -2.08. The van der Waals surface area contributed by atoms with Gasteiger partial charge in [-0.25, -0.2) is 8.42 Å². The number of nitrogens with zero attached hydrogens (tertiary/aromatic N) is 2. The Hall–Kier alpha value is -2.96. The Morgan fingerprint density at radius 2 is 1.79 bits per heavy atom. The van der Waals surface area contributed by atoms with Crippen molar-refractivity contribution in [3.05, 3.63) is 88.9 Å². The third-order valence-corrected chi connectivity index (χ3v) is 8.35. The van der Waals surface area contributed by atoms with Gasteiger partial charge in [0.1, 0.15) is 5.69 Å². The maximum Gasteiger partial charge on any atom is 0.163 e. The number of hydrogen-bond acceptors (Lipinski definition) is 4. The Labute approximate surface area is 197 Å². The second-order valence-electron chi connectivity index (χ2n) is 8.60. The van der Waals surface area contributed by atoms with E-state index in [2.05, 4.69) is 0 Å². The predicted molar refractivity (Wildman–Crippen MR) is 131 cm³/mol. The number of fused-ring (bicyclic) bond motifs is 1. The van der Waals surface area contributed by atoms with E-state index in [1.54, 1.807) is 0 Å². The van der Waals surface area contributed by atoms with Gasteiger partial charge in [0, 0.05) is 22.9 Å². The average Bonchev–Trinajstić information content (AvgIpc) is 3.33. The molecule has 1 atom stereocenters. The van der Waals surface area contributed by atoms with Crippen LogP contribution in [-0.4, -0.2) is 35.5 Å². The Balaban J connectivity index is 1.55. The van der Waals surface area contributed by atoms with Crippen LogP contribution in [0.4, 0.5) is 0 Å². The van der Waals surface area contributed by atoms with Gasteiger partial charge >= 0.3 is 0 Å². The first kappa shape index (κ1) is 21.9. The normalized spacial score (nSPS) is 17.4. The molecule has 2 heterocycles. The first-order valence-electron chi connectivity index (χ1n) is 10.9. The van der Waals surface area contributed by atoms with E-state index in [-0.39, 0.29) is 29.6 Å². The highest BCUT2D eigenvalue weighted by molar-refractivity contribution is 7.91. The van der Waals surface area contributed by atoms with E-state index in [0.29, 0.717) is 23.6 Å². The van der Waals surface area contributed by atoms with Crippen molar-refractivity contribution in [1.82, 2.24) is 9.78 Å². The van der Waals surface area contributed by atoms with Crippen molar-refractivity contribution in [2.75, 3.05) is 11.5 Å². The van der Waals surface area contributed by atoms with Gasteiger partial charge in [0.05, 0.1) is 28.6 Å². The van der Waals surface area contributed by atoms with Crippen molar-refractivity contribution in [1.29, 1.82) is 0 Å². The Bertz CT molecular complexity index is 1450. The van der Waals surface area contributed by atoms with Crippen molar-refractivity contribution in [2.45, 2.75) is 19.4 Å². The van der Waals surface area contributed by atoms with Crippen LogP contribution in [0.5, 0.6) is 0 Å². The van der Waals surface area contributed by atoms with Crippen molar-refractivity contribution in [3.8, 4) is 11.3 Å². The van der Waals surface area contributed by atoms with Crippen LogP contribution in [0, 0.1) is 5.92 Å².